The third-order valence-electron chi connectivity index (χ3n) is 2.27. The van der Waals surface area contributed by atoms with Crippen LogP contribution in [0.25, 0.3) is 0 Å². The summed E-state index contributed by atoms with van der Waals surface area (Å²) in [7, 11) is 0. The van der Waals surface area contributed by atoms with Gasteiger partial charge < -0.3 is 5.73 Å². The van der Waals surface area contributed by atoms with E-state index in [1.165, 1.54) is 18.4 Å². The summed E-state index contributed by atoms with van der Waals surface area (Å²) in [5, 5.41) is 0. The van der Waals surface area contributed by atoms with E-state index in [0.717, 1.165) is 4.60 Å². The van der Waals surface area contributed by atoms with Crippen LogP contribution in [0.1, 0.15) is 24.4 Å². The SMILES string of the molecule is NC(c1ccnc(Br)c1)C1CC1. The maximum atomic E-state index is 6.02. The molecule has 1 saturated carbocycles. The van der Waals surface area contributed by atoms with Crippen LogP contribution in [0.3, 0.4) is 0 Å². The quantitative estimate of drug-likeness (QED) is 0.787. The molecule has 1 aliphatic carbocycles. The van der Waals surface area contributed by atoms with Gasteiger partial charge in [-0.3, -0.25) is 0 Å². The molecule has 2 N–H and O–H groups in total. The Kier molecular flexibility index (Phi) is 2.15. The van der Waals surface area contributed by atoms with Gasteiger partial charge in [0, 0.05) is 12.2 Å². The summed E-state index contributed by atoms with van der Waals surface area (Å²) >= 11 is 3.33. The van der Waals surface area contributed by atoms with Gasteiger partial charge in [-0.05, 0) is 52.4 Å². The lowest BCUT2D eigenvalue weighted by Gasteiger charge is -2.09. The van der Waals surface area contributed by atoms with E-state index in [1.807, 2.05) is 12.1 Å². The summed E-state index contributed by atoms with van der Waals surface area (Å²) in [6.45, 7) is 0. The van der Waals surface area contributed by atoms with Crippen molar-refractivity contribution in [1.29, 1.82) is 0 Å². The molecule has 1 aromatic heterocycles. The van der Waals surface area contributed by atoms with Crippen molar-refractivity contribution in [2.24, 2.45) is 11.7 Å². The summed E-state index contributed by atoms with van der Waals surface area (Å²) in [5.74, 6) is 0.708. The second kappa shape index (κ2) is 3.15. The number of nitrogens with two attached hydrogens (primary N) is 1. The number of rotatable bonds is 2. The second-order valence-corrected chi connectivity index (χ2v) is 4.09. The second-order valence-electron chi connectivity index (χ2n) is 3.28. The fourth-order valence-electron chi connectivity index (χ4n) is 1.35. The van der Waals surface area contributed by atoms with Crippen LogP contribution >= 0.6 is 15.9 Å². The molecular weight excluding hydrogens is 216 g/mol. The van der Waals surface area contributed by atoms with E-state index in [9.17, 15) is 0 Å². The highest BCUT2D eigenvalue weighted by molar-refractivity contribution is 9.10. The summed E-state index contributed by atoms with van der Waals surface area (Å²) in [6.07, 6.45) is 4.35. The highest BCUT2D eigenvalue weighted by Crippen LogP contribution is 2.39. The third-order valence-corrected chi connectivity index (χ3v) is 2.70. The van der Waals surface area contributed by atoms with E-state index >= 15 is 0 Å². The van der Waals surface area contributed by atoms with Crippen LogP contribution in [0.15, 0.2) is 22.9 Å². The van der Waals surface area contributed by atoms with Crippen molar-refractivity contribution in [3.63, 3.8) is 0 Å². The normalized spacial score (nSPS) is 19.2. The Bertz CT molecular complexity index is 284. The predicted octanol–water partition coefficient (Wildman–Crippen LogP) is 2.25. The minimum atomic E-state index is 0.212. The van der Waals surface area contributed by atoms with E-state index in [1.54, 1.807) is 6.20 Å². The first-order valence-corrected chi connectivity index (χ1v) is 4.93. The van der Waals surface area contributed by atoms with Crippen molar-refractivity contribution >= 4 is 15.9 Å². The number of aromatic nitrogens is 1. The first-order chi connectivity index (χ1) is 5.77. The first-order valence-electron chi connectivity index (χ1n) is 4.14. The molecule has 1 unspecified atom stereocenters. The Morgan fingerprint density at radius 3 is 2.92 bits per heavy atom. The van der Waals surface area contributed by atoms with Gasteiger partial charge in [-0.25, -0.2) is 4.98 Å². The van der Waals surface area contributed by atoms with E-state index < -0.39 is 0 Å². The van der Waals surface area contributed by atoms with Crippen molar-refractivity contribution in [3.05, 3.63) is 28.5 Å². The molecule has 1 heterocycles. The van der Waals surface area contributed by atoms with Gasteiger partial charge in [0.1, 0.15) is 4.60 Å². The summed E-state index contributed by atoms with van der Waals surface area (Å²) < 4.78 is 0.871. The van der Waals surface area contributed by atoms with Gasteiger partial charge in [0.05, 0.1) is 0 Å². The average molecular weight is 227 g/mol. The number of halogens is 1. The molecule has 0 bridgehead atoms. The fourth-order valence-corrected chi connectivity index (χ4v) is 1.73. The average Bonchev–Trinajstić information content (AvgIpc) is 2.85. The molecule has 2 rings (SSSR count). The molecule has 0 radical (unpaired) electrons. The van der Waals surface area contributed by atoms with E-state index in [4.69, 9.17) is 5.73 Å². The Labute approximate surface area is 80.3 Å². The van der Waals surface area contributed by atoms with Crippen LogP contribution < -0.4 is 5.73 Å². The van der Waals surface area contributed by atoms with Crippen LogP contribution in [0, 0.1) is 5.92 Å². The molecule has 0 aromatic carbocycles. The lowest BCUT2D eigenvalue weighted by atomic mass is 10.1. The molecule has 2 nitrogen and oxygen atoms in total. The number of pyridine rings is 1. The number of hydrogen-bond donors (Lipinski definition) is 1. The van der Waals surface area contributed by atoms with Gasteiger partial charge in [-0.15, -0.1) is 0 Å². The zero-order valence-corrected chi connectivity index (χ0v) is 8.29. The highest BCUT2D eigenvalue weighted by Gasteiger charge is 2.29. The van der Waals surface area contributed by atoms with Gasteiger partial charge in [0.2, 0.25) is 0 Å². The Morgan fingerprint density at radius 1 is 1.58 bits per heavy atom. The molecule has 0 aliphatic heterocycles. The van der Waals surface area contributed by atoms with Crippen LogP contribution in [0.2, 0.25) is 0 Å². The molecule has 64 valence electrons. The van der Waals surface area contributed by atoms with Crippen molar-refractivity contribution < 1.29 is 0 Å². The first kappa shape index (κ1) is 8.20. The van der Waals surface area contributed by atoms with Gasteiger partial charge in [-0.1, -0.05) is 0 Å². The number of nitrogens with zero attached hydrogens (tertiary/aromatic N) is 1. The van der Waals surface area contributed by atoms with Crippen molar-refractivity contribution in [2.75, 3.05) is 0 Å². The largest absolute Gasteiger partial charge is 0.324 e. The Morgan fingerprint density at radius 2 is 2.33 bits per heavy atom. The lowest BCUT2D eigenvalue weighted by molar-refractivity contribution is 0.632. The van der Waals surface area contributed by atoms with Gasteiger partial charge in [0.25, 0.3) is 0 Å². The highest BCUT2D eigenvalue weighted by atomic mass is 79.9. The minimum Gasteiger partial charge on any atom is -0.324 e. The maximum absolute atomic E-state index is 6.02. The van der Waals surface area contributed by atoms with Crippen molar-refractivity contribution in [1.82, 2.24) is 4.98 Å². The molecule has 1 aromatic rings. The van der Waals surface area contributed by atoms with E-state index in [-0.39, 0.29) is 6.04 Å². The summed E-state index contributed by atoms with van der Waals surface area (Å²) in [4.78, 5) is 4.06. The van der Waals surface area contributed by atoms with Crippen molar-refractivity contribution in [3.8, 4) is 0 Å². The maximum Gasteiger partial charge on any atom is 0.106 e. The smallest absolute Gasteiger partial charge is 0.106 e. The minimum absolute atomic E-state index is 0.212. The van der Waals surface area contributed by atoms with Crippen LogP contribution in [-0.2, 0) is 0 Å². The lowest BCUT2D eigenvalue weighted by Crippen LogP contribution is -2.12. The Hall–Kier alpha value is -0.410. The number of hydrogen-bond acceptors (Lipinski definition) is 2. The molecule has 3 heteroatoms. The summed E-state index contributed by atoms with van der Waals surface area (Å²) in [5.41, 5.74) is 7.21. The molecule has 0 spiro atoms. The van der Waals surface area contributed by atoms with Gasteiger partial charge in [-0.2, -0.15) is 0 Å². The Balaban J connectivity index is 2.20. The molecule has 0 saturated heterocycles. The van der Waals surface area contributed by atoms with Crippen molar-refractivity contribution in [2.45, 2.75) is 18.9 Å². The van der Waals surface area contributed by atoms with E-state index in [0.29, 0.717) is 5.92 Å². The molecule has 12 heavy (non-hydrogen) atoms. The molecule has 0 amide bonds. The predicted molar refractivity (Wildman–Crippen MR) is 51.6 cm³/mol. The third kappa shape index (κ3) is 1.67. The van der Waals surface area contributed by atoms with Crippen LogP contribution in [-0.4, -0.2) is 4.98 Å². The monoisotopic (exact) mass is 226 g/mol. The van der Waals surface area contributed by atoms with Crippen LogP contribution in [0.4, 0.5) is 0 Å². The topological polar surface area (TPSA) is 38.9 Å². The molecule has 1 aliphatic rings. The molecular formula is C9H11BrN2. The molecule has 1 fully saturated rings. The van der Waals surface area contributed by atoms with Gasteiger partial charge >= 0.3 is 0 Å². The summed E-state index contributed by atoms with van der Waals surface area (Å²) in [6, 6.07) is 4.21. The van der Waals surface area contributed by atoms with E-state index in [2.05, 4.69) is 20.9 Å². The van der Waals surface area contributed by atoms with Gasteiger partial charge in [0.15, 0.2) is 0 Å². The fraction of sp³-hybridized carbons (Fsp3) is 0.444. The van der Waals surface area contributed by atoms with Crippen LogP contribution in [0.5, 0.6) is 0 Å². The molecule has 1 atom stereocenters. The zero-order valence-electron chi connectivity index (χ0n) is 6.70. The standard InChI is InChI=1S/C9H11BrN2/c10-8-5-7(3-4-12-8)9(11)6-1-2-6/h3-6,9H,1-2,11H2. The zero-order chi connectivity index (χ0) is 8.55.